The maximum absolute atomic E-state index is 14.1. The number of hydrogen-bond acceptors (Lipinski definition) is 2. The summed E-state index contributed by atoms with van der Waals surface area (Å²) in [4.78, 5) is 4.64. The van der Waals surface area contributed by atoms with Crippen LogP contribution < -0.4 is 10.6 Å². The first-order valence-electron chi connectivity index (χ1n) is 8.77. The molecule has 1 aromatic heterocycles. The highest BCUT2D eigenvalue weighted by Crippen LogP contribution is 2.25. The van der Waals surface area contributed by atoms with Gasteiger partial charge < -0.3 is 10.6 Å². The fourth-order valence-corrected chi connectivity index (χ4v) is 2.59. The highest BCUT2D eigenvalue weighted by Gasteiger charge is 2.23. The van der Waals surface area contributed by atoms with Gasteiger partial charge in [-0.3, -0.25) is 9.67 Å². The Morgan fingerprint density at radius 2 is 2.04 bits per heavy atom. The monoisotopic (exact) mass is 345 g/mol. The lowest BCUT2D eigenvalue weighted by Crippen LogP contribution is -2.39. The smallest absolute Gasteiger partial charge is 0.191 e. The first kappa shape index (κ1) is 19.0. The van der Waals surface area contributed by atoms with E-state index >= 15 is 0 Å². The molecule has 0 unspecified atom stereocenters. The van der Waals surface area contributed by atoms with Crippen molar-refractivity contribution < 1.29 is 4.39 Å². The van der Waals surface area contributed by atoms with Crippen molar-refractivity contribution in [2.24, 2.45) is 4.99 Å². The van der Waals surface area contributed by atoms with E-state index in [-0.39, 0.29) is 11.2 Å². The topological polar surface area (TPSA) is 54.2 Å². The number of hydrogen-bond donors (Lipinski definition) is 2. The van der Waals surface area contributed by atoms with Crippen LogP contribution in [0, 0.1) is 5.82 Å². The Morgan fingerprint density at radius 3 is 2.72 bits per heavy atom. The van der Waals surface area contributed by atoms with Gasteiger partial charge in [0.15, 0.2) is 5.96 Å². The molecule has 1 heterocycles. The van der Waals surface area contributed by atoms with Crippen LogP contribution in [0.5, 0.6) is 0 Å². The van der Waals surface area contributed by atoms with E-state index in [1.54, 1.807) is 12.3 Å². The van der Waals surface area contributed by atoms with E-state index in [0.717, 1.165) is 32.0 Å². The van der Waals surface area contributed by atoms with Gasteiger partial charge >= 0.3 is 0 Å². The molecule has 1 aromatic carbocycles. The molecule has 5 nitrogen and oxygen atoms in total. The number of guanidine groups is 1. The molecule has 0 fully saturated rings. The van der Waals surface area contributed by atoms with Crippen LogP contribution in [0.2, 0.25) is 0 Å². The molecule has 0 aliphatic carbocycles. The van der Waals surface area contributed by atoms with Gasteiger partial charge in [-0.05, 0) is 31.0 Å². The van der Waals surface area contributed by atoms with Gasteiger partial charge in [-0.1, -0.05) is 32.0 Å². The van der Waals surface area contributed by atoms with Crippen molar-refractivity contribution in [1.82, 2.24) is 20.4 Å². The molecule has 0 aliphatic heterocycles. The molecule has 0 aliphatic rings. The second kappa shape index (κ2) is 9.20. The minimum absolute atomic E-state index is 0.181. The van der Waals surface area contributed by atoms with E-state index in [1.807, 2.05) is 49.8 Å². The Labute approximate surface area is 149 Å². The number of nitrogens with one attached hydrogen (secondary N) is 2. The van der Waals surface area contributed by atoms with Crippen molar-refractivity contribution in [2.75, 3.05) is 19.6 Å². The number of benzene rings is 1. The molecule has 2 N–H and O–H groups in total. The van der Waals surface area contributed by atoms with Crippen LogP contribution in [0.1, 0.15) is 32.8 Å². The zero-order valence-corrected chi connectivity index (χ0v) is 15.3. The van der Waals surface area contributed by atoms with E-state index in [0.29, 0.717) is 12.1 Å². The van der Waals surface area contributed by atoms with Crippen LogP contribution in [-0.4, -0.2) is 35.4 Å². The van der Waals surface area contributed by atoms with Crippen molar-refractivity contribution in [3.8, 4) is 0 Å². The summed E-state index contributed by atoms with van der Waals surface area (Å²) in [6.07, 6.45) is 4.68. The third-order valence-corrected chi connectivity index (χ3v) is 4.00. The summed E-state index contributed by atoms with van der Waals surface area (Å²) in [5.41, 5.74) is 0.316. The second-order valence-electron chi connectivity index (χ2n) is 6.61. The van der Waals surface area contributed by atoms with E-state index in [1.165, 1.54) is 6.07 Å². The SMILES string of the molecule is CCNC(=NCC(C)(C)c1ccccc1F)NCCCn1cccn1. The molecular weight excluding hydrogens is 317 g/mol. The summed E-state index contributed by atoms with van der Waals surface area (Å²) < 4.78 is 16.0. The zero-order valence-electron chi connectivity index (χ0n) is 15.3. The molecule has 0 amide bonds. The van der Waals surface area contributed by atoms with Gasteiger partial charge in [-0.2, -0.15) is 5.10 Å². The first-order valence-corrected chi connectivity index (χ1v) is 8.77. The van der Waals surface area contributed by atoms with Crippen molar-refractivity contribution in [2.45, 2.75) is 39.2 Å². The third kappa shape index (κ3) is 5.89. The van der Waals surface area contributed by atoms with Gasteiger partial charge in [0.2, 0.25) is 0 Å². The average molecular weight is 345 g/mol. The fourth-order valence-electron chi connectivity index (χ4n) is 2.59. The van der Waals surface area contributed by atoms with Crippen molar-refractivity contribution in [3.05, 3.63) is 54.1 Å². The molecular formula is C19H28FN5. The molecule has 0 radical (unpaired) electrons. The minimum Gasteiger partial charge on any atom is -0.357 e. The van der Waals surface area contributed by atoms with E-state index in [9.17, 15) is 4.39 Å². The molecule has 0 spiro atoms. The van der Waals surface area contributed by atoms with Crippen LogP contribution >= 0.6 is 0 Å². The van der Waals surface area contributed by atoms with Crippen LogP contribution in [0.15, 0.2) is 47.7 Å². The lowest BCUT2D eigenvalue weighted by atomic mass is 9.84. The number of nitrogens with zero attached hydrogens (tertiary/aromatic N) is 3. The Kier molecular flexibility index (Phi) is 6.98. The summed E-state index contributed by atoms with van der Waals surface area (Å²) in [6, 6.07) is 8.82. The Balaban J connectivity index is 1.90. The predicted octanol–water partition coefficient (Wildman–Crippen LogP) is 2.95. The molecule has 2 rings (SSSR count). The normalized spacial score (nSPS) is 12.2. The van der Waals surface area contributed by atoms with Crippen molar-refractivity contribution in [3.63, 3.8) is 0 Å². The Hall–Kier alpha value is -2.37. The number of halogens is 1. The number of aliphatic imine (C=N–C) groups is 1. The zero-order chi connectivity index (χ0) is 18.1. The number of aryl methyl sites for hydroxylation is 1. The van der Waals surface area contributed by atoms with Crippen molar-refractivity contribution in [1.29, 1.82) is 0 Å². The van der Waals surface area contributed by atoms with Crippen LogP contribution in [-0.2, 0) is 12.0 Å². The lowest BCUT2D eigenvalue weighted by Gasteiger charge is -2.24. The summed E-state index contributed by atoms with van der Waals surface area (Å²) in [7, 11) is 0. The highest BCUT2D eigenvalue weighted by molar-refractivity contribution is 5.79. The van der Waals surface area contributed by atoms with E-state index < -0.39 is 0 Å². The van der Waals surface area contributed by atoms with Crippen molar-refractivity contribution >= 4 is 5.96 Å². The summed E-state index contributed by atoms with van der Waals surface area (Å²) >= 11 is 0. The number of aromatic nitrogens is 2. The van der Waals surface area contributed by atoms with Gasteiger partial charge in [-0.25, -0.2) is 4.39 Å². The quantitative estimate of drug-likeness (QED) is 0.439. The molecule has 136 valence electrons. The maximum atomic E-state index is 14.1. The standard InChI is InChI=1S/C19H28FN5/c1-4-21-18(22-11-7-13-25-14-8-12-24-25)23-15-19(2,3)16-9-5-6-10-17(16)20/h5-6,8-10,12,14H,4,7,11,13,15H2,1-3H3,(H2,21,22,23). The summed E-state index contributed by atoms with van der Waals surface area (Å²) in [6.45, 7) is 8.99. The highest BCUT2D eigenvalue weighted by atomic mass is 19.1. The van der Waals surface area contributed by atoms with E-state index in [4.69, 9.17) is 0 Å². The van der Waals surface area contributed by atoms with E-state index in [2.05, 4.69) is 20.7 Å². The molecule has 0 atom stereocenters. The predicted molar refractivity (Wildman–Crippen MR) is 100 cm³/mol. The Bertz CT molecular complexity index is 664. The molecule has 2 aromatic rings. The van der Waals surface area contributed by atoms with Gasteiger partial charge in [-0.15, -0.1) is 0 Å². The third-order valence-electron chi connectivity index (χ3n) is 4.00. The molecule has 6 heteroatoms. The summed E-state index contributed by atoms with van der Waals surface area (Å²) in [5.74, 6) is 0.576. The minimum atomic E-state index is -0.372. The van der Waals surface area contributed by atoms with Gasteiger partial charge in [0, 0.05) is 37.4 Å². The van der Waals surface area contributed by atoms with Crippen LogP contribution in [0.3, 0.4) is 0 Å². The van der Waals surface area contributed by atoms with Crippen LogP contribution in [0.4, 0.5) is 4.39 Å². The fraction of sp³-hybridized carbons (Fsp3) is 0.474. The molecule has 25 heavy (non-hydrogen) atoms. The maximum Gasteiger partial charge on any atom is 0.191 e. The van der Waals surface area contributed by atoms with Gasteiger partial charge in [0.25, 0.3) is 0 Å². The molecule has 0 saturated carbocycles. The summed E-state index contributed by atoms with van der Waals surface area (Å²) in [5, 5.41) is 10.8. The van der Waals surface area contributed by atoms with Gasteiger partial charge in [0.05, 0.1) is 6.54 Å². The average Bonchev–Trinajstić information content (AvgIpc) is 3.10. The first-order chi connectivity index (χ1) is 12.0. The molecule has 0 bridgehead atoms. The lowest BCUT2D eigenvalue weighted by molar-refractivity contribution is 0.492. The van der Waals surface area contributed by atoms with Crippen LogP contribution in [0.25, 0.3) is 0 Å². The number of rotatable bonds is 8. The Morgan fingerprint density at radius 1 is 1.24 bits per heavy atom. The largest absolute Gasteiger partial charge is 0.357 e. The molecule has 0 saturated heterocycles. The second-order valence-corrected chi connectivity index (χ2v) is 6.61. The van der Waals surface area contributed by atoms with Gasteiger partial charge in [0.1, 0.15) is 5.82 Å².